The number of carbonyl (C=O) groups excluding carboxylic acids is 1. The van der Waals surface area contributed by atoms with Gasteiger partial charge in [-0.3, -0.25) is 4.79 Å². The van der Waals surface area contributed by atoms with Crippen LogP contribution in [0.25, 0.3) is 0 Å². The van der Waals surface area contributed by atoms with Crippen LogP contribution in [0.1, 0.15) is 18.4 Å². The van der Waals surface area contributed by atoms with Gasteiger partial charge in [0.05, 0.1) is 12.5 Å². The van der Waals surface area contributed by atoms with Crippen LogP contribution in [0.5, 0.6) is 0 Å². The summed E-state index contributed by atoms with van der Waals surface area (Å²) in [5.41, 5.74) is 0.435. The summed E-state index contributed by atoms with van der Waals surface area (Å²) >= 11 is 0. The molecule has 1 fully saturated rings. The predicted octanol–water partition coefficient (Wildman–Crippen LogP) is 2.13. The van der Waals surface area contributed by atoms with Crippen molar-refractivity contribution in [3.63, 3.8) is 0 Å². The third-order valence-electron chi connectivity index (χ3n) is 3.33. The molecule has 94 valence electrons. The molecule has 1 amide bonds. The molecule has 1 aliphatic rings. The van der Waals surface area contributed by atoms with Crippen LogP contribution >= 0.6 is 0 Å². The summed E-state index contributed by atoms with van der Waals surface area (Å²) in [4.78, 5) is 13.7. The summed E-state index contributed by atoms with van der Waals surface area (Å²) in [6.45, 7) is 1.21. The Balaban J connectivity index is 1.94. The molecule has 1 aromatic rings. The normalized spacial score (nSPS) is 16.3. The van der Waals surface area contributed by atoms with Crippen LogP contribution in [-0.2, 0) is 11.2 Å². The first-order chi connectivity index (χ1) is 8.70. The van der Waals surface area contributed by atoms with Gasteiger partial charge in [0.2, 0.25) is 5.91 Å². The molecule has 0 bridgehead atoms. The number of halogens is 1. The van der Waals surface area contributed by atoms with E-state index in [-0.39, 0.29) is 24.1 Å². The molecular formula is C14H15FN2O. The van der Waals surface area contributed by atoms with E-state index in [1.54, 1.807) is 23.1 Å². The average molecular weight is 246 g/mol. The lowest BCUT2D eigenvalue weighted by atomic mass is 9.98. The summed E-state index contributed by atoms with van der Waals surface area (Å²) in [6.07, 6.45) is 1.54. The molecule has 1 saturated heterocycles. The molecule has 3 nitrogen and oxygen atoms in total. The summed E-state index contributed by atoms with van der Waals surface area (Å²) in [5, 5.41) is 8.78. The number of piperidine rings is 1. The highest BCUT2D eigenvalue weighted by Crippen LogP contribution is 2.17. The molecule has 0 aromatic heterocycles. The first-order valence-corrected chi connectivity index (χ1v) is 6.11. The van der Waals surface area contributed by atoms with Crippen LogP contribution in [0.2, 0.25) is 0 Å². The number of hydrogen-bond acceptors (Lipinski definition) is 2. The van der Waals surface area contributed by atoms with Crippen molar-refractivity contribution in [3.05, 3.63) is 35.6 Å². The fraction of sp³-hybridized carbons (Fsp3) is 0.429. The van der Waals surface area contributed by atoms with Crippen molar-refractivity contribution in [1.82, 2.24) is 4.90 Å². The first kappa shape index (κ1) is 12.6. The minimum atomic E-state index is -0.335. The zero-order valence-electron chi connectivity index (χ0n) is 10.1. The van der Waals surface area contributed by atoms with Gasteiger partial charge in [0.1, 0.15) is 5.82 Å². The van der Waals surface area contributed by atoms with E-state index in [0.29, 0.717) is 18.7 Å². The third kappa shape index (κ3) is 2.86. The molecule has 1 heterocycles. The Labute approximate surface area is 106 Å². The lowest BCUT2D eigenvalue weighted by Gasteiger charge is -2.29. The van der Waals surface area contributed by atoms with E-state index in [1.807, 2.05) is 0 Å². The summed E-state index contributed by atoms with van der Waals surface area (Å²) in [6, 6.07) is 8.57. The molecule has 0 unspecified atom stereocenters. The average Bonchev–Trinajstić information content (AvgIpc) is 2.41. The molecule has 2 rings (SSSR count). The number of amides is 1. The van der Waals surface area contributed by atoms with Gasteiger partial charge in [0.25, 0.3) is 0 Å². The van der Waals surface area contributed by atoms with Gasteiger partial charge in [-0.2, -0.15) is 5.26 Å². The number of benzene rings is 1. The maximum Gasteiger partial charge on any atom is 0.227 e. The number of carbonyl (C=O) groups is 1. The summed E-state index contributed by atoms with van der Waals surface area (Å²) < 4.78 is 13.4. The molecule has 0 atom stereocenters. The fourth-order valence-electron chi connectivity index (χ4n) is 2.17. The first-order valence-electron chi connectivity index (χ1n) is 6.11. The van der Waals surface area contributed by atoms with E-state index in [1.165, 1.54) is 6.07 Å². The molecular weight excluding hydrogens is 231 g/mol. The highest BCUT2D eigenvalue weighted by Gasteiger charge is 2.22. The third-order valence-corrected chi connectivity index (χ3v) is 3.33. The standard InChI is InChI=1S/C14H15FN2O/c15-13-4-2-1-3-12(13)9-14(18)17-7-5-11(10-16)6-8-17/h1-4,11H,5-9H2. The van der Waals surface area contributed by atoms with E-state index in [9.17, 15) is 9.18 Å². The van der Waals surface area contributed by atoms with Crippen molar-refractivity contribution in [1.29, 1.82) is 5.26 Å². The van der Waals surface area contributed by atoms with Crippen LogP contribution in [0, 0.1) is 23.1 Å². The van der Waals surface area contributed by atoms with Crippen molar-refractivity contribution >= 4 is 5.91 Å². The molecule has 1 aliphatic heterocycles. The monoisotopic (exact) mass is 246 g/mol. The second kappa shape index (κ2) is 5.63. The van der Waals surface area contributed by atoms with Gasteiger partial charge in [-0.1, -0.05) is 18.2 Å². The van der Waals surface area contributed by atoms with Crippen LogP contribution < -0.4 is 0 Å². The predicted molar refractivity (Wildman–Crippen MR) is 65.0 cm³/mol. The van der Waals surface area contributed by atoms with Crippen LogP contribution in [0.15, 0.2) is 24.3 Å². The molecule has 18 heavy (non-hydrogen) atoms. The highest BCUT2D eigenvalue weighted by molar-refractivity contribution is 5.78. The van der Waals surface area contributed by atoms with Gasteiger partial charge in [0, 0.05) is 19.0 Å². The molecule has 0 saturated carbocycles. The topological polar surface area (TPSA) is 44.1 Å². The summed E-state index contributed by atoms with van der Waals surface area (Å²) in [5.74, 6) is -0.336. The Morgan fingerprint density at radius 3 is 2.67 bits per heavy atom. The Morgan fingerprint density at radius 2 is 2.06 bits per heavy atom. The number of likely N-dealkylation sites (tertiary alicyclic amines) is 1. The molecule has 0 N–H and O–H groups in total. The van der Waals surface area contributed by atoms with Crippen molar-refractivity contribution < 1.29 is 9.18 Å². The smallest absolute Gasteiger partial charge is 0.227 e. The second-order valence-corrected chi connectivity index (χ2v) is 4.55. The minimum Gasteiger partial charge on any atom is -0.342 e. The van der Waals surface area contributed by atoms with E-state index in [0.717, 1.165) is 12.8 Å². The number of nitriles is 1. The Kier molecular flexibility index (Phi) is 3.93. The SMILES string of the molecule is N#CC1CCN(C(=O)Cc2ccccc2F)CC1. The van der Waals surface area contributed by atoms with Crippen molar-refractivity contribution in [3.8, 4) is 6.07 Å². The Bertz CT molecular complexity index is 473. The van der Waals surface area contributed by atoms with Crippen LogP contribution in [-0.4, -0.2) is 23.9 Å². The van der Waals surface area contributed by atoms with E-state index in [4.69, 9.17) is 5.26 Å². The maximum absolute atomic E-state index is 13.4. The lowest BCUT2D eigenvalue weighted by molar-refractivity contribution is -0.131. The molecule has 4 heteroatoms. The molecule has 1 aromatic carbocycles. The Hall–Kier alpha value is -1.89. The van der Waals surface area contributed by atoms with Gasteiger partial charge in [-0.15, -0.1) is 0 Å². The zero-order chi connectivity index (χ0) is 13.0. The van der Waals surface area contributed by atoms with Gasteiger partial charge in [-0.05, 0) is 24.5 Å². The molecule has 0 aliphatic carbocycles. The minimum absolute atomic E-state index is 0.0579. The molecule has 0 spiro atoms. The Morgan fingerprint density at radius 1 is 1.39 bits per heavy atom. The van der Waals surface area contributed by atoms with Crippen molar-refractivity contribution in [2.24, 2.45) is 5.92 Å². The fourth-order valence-corrected chi connectivity index (χ4v) is 2.17. The van der Waals surface area contributed by atoms with Crippen molar-refractivity contribution in [2.45, 2.75) is 19.3 Å². The van der Waals surface area contributed by atoms with Crippen LogP contribution in [0.3, 0.4) is 0 Å². The van der Waals surface area contributed by atoms with Gasteiger partial charge < -0.3 is 4.90 Å². The largest absolute Gasteiger partial charge is 0.342 e. The summed E-state index contributed by atoms with van der Waals surface area (Å²) in [7, 11) is 0. The zero-order valence-corrected chi connectivity index (χ0v) is 10.1. The highest BCUT2D eigenvalue weighted by atomic mass is 19.1. The lowest BCUT2D eigenvalue weighted by Crippen LogP contribution is -2.39. The maximum atomic E-state index is 13.4. The van der Waals surface area contributed by atoms with E-state index in [2.05, 4.69) is 6.07 Å². The number of rotatable bonds is 2. The molecule has 0 radical (unpaired) electrons. The van der Waals surface area contributed by atoms with E-state index < -0.39 is 0 Å². The quantitative estimate of drug-likeness (QED) is 0.802. The second-order valence-electron chi connectivity index (χ2n) is 4.55. The van der Waals surface area contributed by atoms with Crippen molar-refractivity contribution in [2.75, 3.05) is 13.1 Å². The van der Waals surface area contributed by atoms with Gasteiger partial charge in [0.15, 0.2) is 0 Å². The van der Waals surface area contributed by atoms with Crippen LogP contribution in [0.4, 0.5) is 4.39 Å². The van der Waals surface area contributed by atoms with Gasteiger partial charge in [-0.25, -0.2) is 4.39 Å². The van der Waals surface area contributed by atoms with Gasteiger partial charge >= 0.3 is 0 Å². The number of nitrogens with zero attached hydrogens (tertiary/aromatic N) is 2. The van der Waals surface area contributed by atoms with E-state index >= 15 is 0 Å². The number of hydrogen-bond donors (Lipinski definition) is 0.